The molecule has 0 N–H and O–H groups in total. The zero-order valence-corrected chi connectivity index (χ0v) is 20.1. The zero-order valence-electron chi connectivity index (χ0n) is 19.3. The van der Waals surface area contributed by atoms with Crippen molar-refractivity contribution in [3.8, 4) is 5.75 Å². The second-order valence-electron chi connectivity index (χ2n) is 9.06. The van der Waals surface area contributed by atoms with Crippen molar-refractivity contribution in [2.75, 3.05) is 33.3 Å². The number of hydrogen-bond donors (Lipinski definition) is 0. The predicted octanol–water partition coefficient (Wildman–Crippen LogP) is 3.77. The largest absolute Gasteiger partial charge is 0.496 e. The van der Waals surface area contributed by atoms with Crippen LogP contribution in [0.15, 0.2) is 54.6 Å². The molecule has 0 aliphatic carbocycles. The van der Waals surface area contributed by atoms with Crippen LogP contribution in [-0.2, 0) is 12.1 Å². The lowest BCUT2D eigenvalue weighted by atomic mass is 10.0. The van der Waals surface area contributed by atoms with Crippen LogP contribution >= 0.6 is 12.4 Å². The molecule has 0 spiro atoms. The Bertz CT molecular complexity index is 979. The fourth-order valence-electron chi connectivity index (χ4n) is 4.26. The van der Waals surface area contributed by atoms with E-state index in [0.717, 1.165) is 49.9 Å². The molecule has 1 atom stereocenters. The normalized spacial score (nSPS) is 16.4. The second kappa shape index (κ2) is 10.4. The summed E-state index contributed by atoms with van der Waals surface area (Å²) in [6.45, 7) is 11.2. The van der Waals surface area contributed by atoms with Crippen LogP contribution in [0.25, 0.3) is 0 Å². The lowest BCUT2D eigenvalue weighted by molar-refractivity contribution is 0.0970. The van der Waals surface area contributed by atoms with Crippen LogP contribution in [0.4, 0.5) is 0 Å². The van der Waals surface area contributed by atoms with Gasteiger partial charge in [0.15, 0.2) is 5.82 Å². The number of para-hydroxylation sites is 1. The molecule has 1 saturated heterocycles. The van der Waals surface area contributed by atoms with Crippen molar-refractivity contribution in [2.24, 2.45) is 0 Å². The Balaban J connectivity index is 0.00000289. The van der Waals surface area contributed by atoms with Crippen molar-refractivity contribution in [3.05, 3.63) is 71.5 Å². The molecule has 1 aromatic heterocycles. The monoisotopic (exact) mass is 456 g/mol. The van der Waals surface area contributed by atoms with Crippen LogP contribution in [0.3, 0.4) is 0 Å². The Kier molecular flexibility index (Phi) is 7.87. The molecule has 8 heteroatoms. The minimum atomic E-state index is -0.214. The fraction of sp³-hybridized carbons (Fsp3) is 0.458. The van der Waals surface area contributed by atoms with Crippen LogP contribution in [0.5, 0.6) is 5.75 Å². The molecule has 1 unspecified atom stereocenters. The maximum absolute atomic E-state index is 5.73. The maximum Gasteiger partial charge on any atom is 0.173 e. The first-order valence-corrected chi connectivity index (χ1v) is 10.9. The van der Waals surface area contributed by atoms with E-state index in [2.05, 4.69) is 88.6 Å². The third-order valence-electron chi connectivity index (χ3n) is 5.83. The second-order valence-corrected chi connectivity index (χ2v) is 9.06. The van der Waals surface area contributed by atoms with Gasteiger partial charge in [-0.3, -0.25) is 9.80 Å². The van der Waals surface area contributed by atoms with Gasteiger partial charge in [0.2, 0.25) is 0 Å². The minimum absolute atomic E-state index is 0. The Morgan fingerprint density at radius 2 is 1.59 bits per heavy atom. The molecule has 1 fully saturated rings. The van der Waals surface area contributed by atoms with Gasteiger partial charge in [-0.25, -0.2) is 4.68 Å². The van der Waals surface area contributed by atoms with E-state index in [1.807, 2.05) is 16.8 Å². The van der Waals surface area contributed by atoms with Crippen LogP contribution < -0.4 is 4.74 Å². The third-order valence-corrected chi connectivity index (χ3v) is 5.83. The summed E-state index contributed by atoms with van der Waals surface area (Å²) in [5, 5.41) is 12.9. The number of ether oxygens (including phenoxy) is 1. The Morgan fingerprint density at radius 3 is 2.25 bits per heavy atom. The van der Waals surface area contributed by atoms with E-state index in [0.29, 0.717) is 0 Å². The highest BCUT2D eigenvalue weighted by Gasteiger charge is 2.34. The summed E-state index contributed by atoms with van der Waals surface area (Å²) in [5.41, 5.74) is 2.24. The highest BCUT2D eigenvalue weighted by atomic mass is 35.5. The first kappa shape index (κ1) is 24.2. The first-order valence-electron chi connectivity index (χ1n) is 10.9. The number of tetrazole rings is 1. The van der Waals surface area contributed by atoms with Gasteiger partial charge in [0, 0.05) is 38.3 Å². The molecule has 2 aromatic carbocycles. The van der Waals surface area contributed by atoms with Gasteiger partial charge in [-0.1, -0.05) is 48.5 Å². The van der Waals surface area contributed by atoms with Crippen molar-refractivity contribution in [1.29, 1.82) is 0 Å². The van der Waals surface area contributed by atoms with Gasteiger partial charge >= 0.3 is 0 Å². The quantitative estimate of drug-likeness (QED) is 0.562. The average molecular weight is 457 g/mol. The predicted molar refractivity (Wildman–Crippen MR) is 128 cm³/mol. The SMILES string of the molecule is COc1ccccc1C(c1nnnn1C(C)(C)C)N1CCN(Cc2ccccc2)CC1.Cl. The fourth-order valence-corrected chi connectivity index (χ4v) is 4.26. The summed E-state index contributed by atoms with van der Waals surface area (Å²) in [6, 6.07) is 18.8. The third kappa shape index (κ3) is 5.28. The molecule has 0 saturated carbocycles. The van der Waals surface area contributed by atoms with E-state index in [4.69, 9.17) is 4.74 Å². The Hall–Kier alpha value is -2.48. The number of piperazine rings is 1. The van der Waals surface area contributed by atoms with Gasteiger partial charge in [-0.2, -0.15) is 0 Å². The summed E-state index contributed by atoms with van der Waals surface area (Å²) >= 11 is 0. The van der Waals surface area contributed by atoms with E-state index in [9.17, 15) is 0 Å². The van der Waals surface area contributed by atoms with E-state index in [1.54, 1.807) is 7.11 Å². The number of benzene rings is 2. The Morgan fingerprint density at radius 1 is 0.938 bits per heavy atom. The van der Waals surface area contributed by atoms with Gasteiger partial charge in [0.1, 0.15) is 11.8 Å². The maximum atomic E-state index is 5.73. The zero-order chi connectivity index (χ0) is 21.8. The minimum Gasteiger partial charge on any atom is -0.496 e. The van der Waals surface area contributed by atoms with E-state index < -0.39 is 0 Å². The molecular formula is C24H33ClN6O. The van der Waals surface area contributed by atoms with Crippen molar-refractivity contribution < 1.29 is 4.74 Å². The standard InChI is InChI=1S/C24H32N6O.ClH/c1-24(2,3)30-23(25-26-27-30)22(20-12-8-9-13-21(20)31-4)29-16-14-28(15-17-29)18-19-10-6-5-7-11-19;/h5-13,22H,14-18H2,1-4H3;1H. The van der Waals surface area contributed by atoms with Crippen LogP contribution in [0.1, 0.15) is 43.8 Å². The van der Waals surface area contributed by atoms with Crippen molar-refractivity contribution in [2.45, 2.75) is 38.9 Å². The van der Waals surface area contributed by atoms with Crippen molar-refractivity contribution in [1.82, 2.24) is 30.0 Å². The van der Waals surface area contributed by atoms with Gasteiger partial charge in [0.25, 0.3) is 0 Å². The van der Waals surface area contributed by atoms with Gasteiger partial charge < -0.3 is 4.74 Å². The topological polar surface area (TPSA) is 59.3 Å². The average Bonchev–Trinajstić information content (AvgIpc) is 3.26. The van der Waals surface area contributed by atoms with Crippen LogP contribution in [0.2, 0.25) is 0 Å². The van der Waals surface area contributed by atoms with Gasteiger partial charge in [-0.15, -0.1) is 17.5 Å². The molecule has 0 radical (unpaired) electrons. The van der Waals surface area contributed by atoms with Crippen molar-refractivity contribution >= 4 is 12.4 Å². The van der Waals surface area contributed by atoms with Gasteiger partial charge in [0.05, 0.1) is 12.6 Å². The van der Waals surface area contributed by atoms with Crippen LogP contribution in [-0.4, -0.2) is 63.3 Å². The Labute approximate surface area is 196 Å². The number of nitrogens with zero attached hydrogens (tertiary/aromatic N) is 6. The van der Waals surface area contributed by atoms with Crippen molar-refractivity contribution in [3.63, 3.8) is 0 Å². The number of rotatable bonds is 6. The smallest absolute Gasteiger partial charge is 0.173 e. The molecule has 2 heterocycles. The molecule has 7 nitrogen and oxygen atoms in total. The molecule has 32 heavy (non-hydrogen) atoms. The summed E-state index contributed by atoms with van der Waals surface area (Å²) in [6.07, 6.45) is 0. The molecule has 3 aromatic rings. The van der Waals surface area contributed by atoms with Crippen LogP contribution in [0, 0.1) is 0 Å². The summed E-state index contributed by atoms with van der Waals surface area (Å²) in [5.74, 6) is 1.72. The molecule has 0 bridgehead atoms. The highest BCUT2D eigenvalue weighted by molar-refractivity contribution is 5.85. The molecule has 0 amide bonds. The summed E-state index contributed by atoms with van der Waals surface area (Å²) in [4.78, 5) is 4.99. The summed E-state index contributed by atoms with van der Waals surface area (Å²) in [7, 11) is 1.72. The lowest BCUT2D eigenvalue weighted by Gasteiger charge is -2.39. The van der Waals surface area contributed by atoms with E-state index >= 15 is 0 Å². The summed E-state index contributed by atoms with van der Waals surface area (Å²) < 4.78 is 7.67. The molecular weight excluding hydrogens is 424 g/mol. The number of methoxy groups -OCH3 is 1. The number of halogens is 1. The number of hydrogen-bond acceptors (Lipinski definition) is 6. The molecule has 1 aliphatic heterocycles. The highest BCUT2D eigenvalue weighted by Crippen LogP contribution is 2.35. The molecule has 172 valence electrons. The molecule has 1 aliphatic rings. The first-order chi connectivity index (χ1) is 15.0. The van der Waals surface area contributed by atoms with Gasteiger partial charge in [-0.05, 0) is 42.8 Å². The number of aromatic nitrogens is 4. The van der Waals surface area contributed by atoms with E-state index in [1.165, 1.54) is 5.56 Å². The lowest BCUT2D eigenvalue weighted by Crippen LogP contribution is -2.48. The van der Waals surface area contributed by atoms with E-state index in [-0.39, 0.29) is 24.0 Å². The molecule has 4 rings (SSSR count).